The molecule has 15 heavy (non-hydrogen) atoms. The van der Waals surface area contributed by atoms with Gasteiger partial charge in [0.25, 0.3) is 0 Å². The second-order valence-electron chi connectivity index (χ2n) is 3.06. The normalized spacial score (nSPS) is 10.2. The van der Waals surface area contributed by atoms with Crippen LogP contribution >= 0.6 is 0 Å². The SMILES string of the molecule is ONCc1cccc(-c2ccccn2)n1. The van der Waals surface area contributed by atoms with Gasteiger partial charge in [0.05, 0.1) is 23.6 Å². The van der Waals surface area contributed by atoms with Crippen molar-refractivity contribution >= 4 is 0 Å². The number of hydrogen-bond acceptors (Lipinski definition) is 4. The molecule has 0 saturated carbocycles. The minimum atomic E-state index is 0.334. The maximum Gasteiger partial charge on any atom is 0.0890 e. The molecule has 0 aliphatic rings. The lowest BCUT2D eigenvalue weighted by Gasteiger charge is -2.02. The Bertz CT molecular complexity index is 431. The maximum absolute atomic E-state index is 8.58. The van der Waals surface area contributed by atoms with E-state index in [1.54, 1.807) is 6.20 Å². The molecule has 0 bridgehead atoms. The molecule has 4 heteroatoms. The summed E-state index contributed by atoms with van der Waals surface area (Å²) in [5, 5.41) is 8.58. The highest BCUT2D eigenvalue weighted by Crippen LogP contribution is 2.13. The fourth-order valence-corrected chi connectivity index (χ4v) is 1.32. The van der Waals surface area contributed by atoms with Gasteiger partial charge >= 0.3 is 0 Å². The van der Waals surface area contributed by atoms with Crippen LogP contribution in [0.25, 0.3) is 11.4 Å². The van der Waals surface area contributed by atoms with Gasteiger partial charge in [0, 0.05) is 6.20 Å². The first kappa shape index (κ1) is 9.76. The quantitative estimate of drug-likeness (QED) is 0.741. The van der Waals surface area contributed by atoms with Gasteiger partial charge in [0.1, 0.15) is 0 Å². The van der Waals surface area contributed by atoms with Crippen molar-refractivity contribution in [3.05, 3.63) is 48.3 Å². The summed E-state index contributed by atoms with van der Waals surface area (Å²) in [6.45, 7) is 0.334. The number of aromatic nitrogens is 2. The van der Waals surface area contributed by atoms with Crippen LogP contribution in [0.5, 0.6) is 0 Å². The first-order chi connectivity index (χ1) is 7.40. The number of nitrogens with zero attached hydrogens (tertiary/aromatic N) is 2. The molecule has 0 aliphatic carbocycles. The summed E-state index contributed by atoms with van der Waals surface area (Å²) < 4.78 is 0. The van der Waals surface area contributed by atoms with E-state index in [4.69, 9.17) is 5.21 Å². The van der Waals surface area contributed by atoms with Gasteiger partial charge in [-0.2, -0.15) is 5.48 Å². The summed E-state index contributed by atoms with van der Waals surface area (Å²) in [4.78, 5) is 8.55. The topological polar surface area (TPSA) is 58.0 Å². The van der Waals surface area contributed by atoms with E-state index in [-0.39, 0.29) is 0 Å². The van der Waals surface area contributed by atoms with Gasteiger partial charge in [-0.05, 0) is 24.3 Å². The van der Waals surface area contributed by atoms with E-state index in [9.17, 15) is 0 Å². The van der Waals surface area contributed by atoms with E-state index in [0.717, 1.165) is 17.1 Å². The molecule has 0 spiro atoms. The van der Waals surface area contributed by atoms with Gasteiger partial charge < -0.3 is 5.21 Å². The zero-order valence-corrected chi connectivity index (χ0v) is 8.09. The monoisotopic (exact) mass is 201 g/mol. The average molecular weight is 201 g/mol. The Labute approximate surface area is 87.6 Å². The third-order valence-electron chi connectivity index (χ3n) is 1.99. The Balaban J connectivity index is 2.33. The maximum atomic E-state index is 8.58. The lowest BCUT2D eigenvalue weighted by molar-refractivity contribution is 0.160. The van der Waals surface area contributed by atoms with Crippen molar-refractivity contribution in [2.24, 2.45) is 0 Å². The molecule has 0 fully saturated rings. The lowest BCUT2D eigenvalue weighted by Crippen LogP contribution is -2.07. The first-order valence-electron chi connectivity index (χ1n) is 4.64. The van der Waals surface area contributed by atoms with Crippen molar-refractivity contribution in [3.63, 3.8) is 0 Å². The molecule has 0 aromatic carbocycles. The van der Waals surface area contributed by atoms with Crippen LogP contribution in [0.3, 0.4) is 0 Å². The van der Waals surface area contributed by atoms with Crippen LogP contribution < -0.4 is 5.48 Å². The summed E-state index contributed by atoms with van der Waals surface area (Å²) >= 11 is 0. The molecule has 76 valence electrons. The number of hydroxylamine groups is 1. The number of rotatable bonds is 3. The molecule has 2 N–H and O–H groups in total. The summed E-state index contributed by atoms with van der Waals surface area (Å²) in [5.74, 6) is 0. The Morgan fingerprint density at radius 3 is 2.67 bits per heavy atom. The Hall–Kier alpha value is -1.78. The predicted octanol–water partition coefficient (Wildman–Crippen LogP) is 1.62. The Morgan fingerprint density at radius 1 is 1.07 bits per heavy atom. The second kappa shape index (κ2) is 4.63. The largest absolute Gasteiger partial charge is 0.316 e. The van der Waals surface area contributed by atoms with E-state index in [1.807, 2.05) is 36.4 Å². The standard InChI is InChI=1S/C11H11N3O/c15-13-8-9-4-3-6-11(14-9)10-5-1-2-7-12-10/h1-7,13,15H,8H2. The summed E-state index contributed by atoms with van der Waals surface area (Å²) in [6, 6.07) is 11.3. The summed E-state index contributed by atoms with van der Waals surface area (Å²) in [5.41, 5.74) is 4.50. The third kappa shape index (κ3) is 2.37. The third-order valence-corrected chi connectivity index (χ3v) is 1.99. The van der Waals surface area contributed by atoms with Gasteiger partial charge in [-0.25, -0.2) is 4.98 Å². The van der Waals surface area contributed by atoms with Crippen molar-refractivity contribution in [2.45, 2.75) is 6.54 Å². The molecule has 0 aliphatic heterocycles. The highest BCUT2D eigenvalue weighted by Gasteiger charge is 2.00. The molecule has 0 radical (unpaired) electrons. The van der Waals surface area contributed by atoms with Crippen LogP contribution in [-0.4, -0.2) is 15.2 Å². The molecule has 0 amide bonds. The highest BCUT2D eigenvalue weighted by molar-refractivity contribution is 5.53. The summed E-state index contributed by atoms with van der Waals surface area (Å²) in [6.07, 6.45) is 1.73. The van der Waals surface area contributed by atoms with E-state index in [1.165, 1.54) is 0 Å². The minimum Gasteiger partial charge on any atom is -0.316 e. The lowest BCUT2D eigenvalue weighted by atomic mass is 10.2. The van der Waals surface area contributed by atoms with Crippen molar-refractivity contribution in [1.82, 2.24) is 15.4 Å². The molecular weight excluding hydrogens is 190 g/mol. The van der Waals surface area contributed by atoms with E-state index < -0.39 is 0 Å². The van der Waals surface area contributed by atoms with Crippen LogP contribution in [0, 0.1) is 0 Å². The van der Waals surface area contributed by atoms with Gasteiger partial charge in [0.15, 0.2) is 0 Å². The zero-order valence-electron chi connectivity index (χ0n) is 8.09. The van der Waals surface area contributed by atoms with Crippen LogP contribution in [-0.2, 0) is 6.54 Å². The molecule has 2 aromatic rings. The van der Waals surface area contributed by atoms with Crippen LogP contribution in [0.15, 0.2) is 42.6 Å². The smallest absolute Gasteiger partial charge is 0.0890 e. The van der Waals surface area contributed by atoms with Crippen LogP contribution in [0.2, 0.25) is 0 Å². The molecule has 4 nitrogen and oxygen atoms in total. The molecule has 2 heterocycles. The molecule has 0 saturated heterocycles. The van der Waals surface area contributed by atoms with Crippen molar-refractivity contribution in [3.8, 4) is 11.4 Å². The number of nitrogens with one attached hydrogen (secondary N) is 1. The predicted molar refractivity (Wildman–Crippen MR) is 56.1 cm³/mol. The molecule has 2 aromatic heterocycles. The van der Waals surface area contributed by atoms with Crippen molar-refractivity contribution < 1.29 is 5.21 Å². The highest BCUT2D eigenvalue weighted by atomic mass is 16.5. The van der Waals surface area contributed by atoms with Gasteiger partial charge in [-0.3, -0.25) is 4.98 Å². The van der Waals surface area contributed by atoms with Gasteiger partial charge in [-0.15, -0.1) is 0 Å². The Morgan fingerprint density at radius 2 is 1.93 bits per heavy atom. The van der Waals surface area contributed by atoms with Crippen molar-refractivity contribution in [2.75, 3.05) is 0 Å². The minimum absolute atomic E-state index is 0.334. The molecule has 0 unspecified atom stereocenters. The number of pyridine rings is 2. The fraction of sp³-hybridized carbons (Fsp3) is 0.0909. The van der Waals surface area contributed by atoms with Gasteiger partial charge in [0.2, 0.25) is 0 Å². The molecular formula is C11H11N3O. The van der Waals surface area contributed by atoms with Crippen LogP contribution in [0.1, 0.15) is 5.69 Å². The van der Waals surface area contributed by atoms with Crippen molar-refractivity contribution in [1.29, 1.82) is 0 Å². The number of hydrogen-bond donors (Lipinski definition) is 2. The van der Waals surface area contributed by atoms with E-state index in [0.29, 0.717) is 6.54 Å². The second-order valence-corrected chi connectivity index (χ2v) is 3.06. The van der Waals surface area contributed by atoms with Gasteiger partial charge in [-0.1, -0.05) is 12.1 Å². The van der Waals surface area contributed by atoms with E-state index in [2.05, 4.69) is 15.4 Å². The van der Waals surface area contributed by atoms with Crippen LogP contribution in [0.4, 0.5) is 0 Å². The average Bonchev–Trinajstić information content (AvgIpc) is 2.31. The molecule has 2 rings (SSSR count). The summed E-state index contributed by atoms with van der Waals surface area (Å²) in [7, 11) is 0. The fourth-order valence-electron chi connectivity index (χ4n) is 1.32. The Kier molecular flexibility index (Phi) is 3.02. The van der Waals surface area contributed by atoms with E-state index >= 15 is 0 Å². The first-order valence-corrected chi connectivity index (χ1v) is 4.64. The zero-order chi connectivity index (χ0) is 10.5. The molecule has 0 atom stereocenters.